The third kappa shape index (κ3) is 20.5. The first-order valence-corrected chi connectivity index (χ1v) is 13.1. The molecular formula is C24H47BrO2. The van der Waals surface area contributed by atoms with Crippen LogP contribution < -0.4 is 0 Å². The van der Waals surface area contributed by atoms with Gasteiger partial charge in [-0.05, 0) is 31.6 Å². The molecular weight excluding hydrogens is 400 g/mol. The second kappa shape index (κ2) is 22.2. The third-order valence-corrected chi connectivity index (χ3v) is 5.99. The van der Waals surface area contributed by atoms with Gasteiger partial charge in [-0.1, -0.05) is 113 Å². The van der Waals surface area contributed by atoms with E-state index in [-0.39, 0.29) is 5.97 Å². The van der Waals surface area contributed by atoms with Gasteiger partial charge in [0.25, 0.3) is 0 Å². The summed E-state index contributed by atoms with van der Waals surface area (Å²) in [5.41, 5.74) is 0. The van der Waals surface area contributed by atoms with Crippen molar-refractivity contribution in [3.8, 4) is 0 Å². The fourth-order valence-corrected chi connectivity index (χ4v) is 3.96. The molecule has 0 rings (SSSR count). The highest BCUT2D eigenvalue weighted by molar-refractivity contribution is 9.09. The van der Waals surface area contributed by atoms with Crippen molar-refractivity contribution in [3.05, 3.63) is 0 Å². The number of carbonyl (C=O) groups is 1. The zero-order valence-electron chi connectivity index (χ0n) is 18.4. The van der Waals surface area contributed by atoms with E-state index in [1.54, 1.807) is 0 Å². The van der Waals surface area contributed by atoms with Crippen molar-refractivity contribution >= 4 is 21.9 Å². The van der Waals surface area contributed by atoms with Crippen LogP contribution in [0.25, 0.3) is 0 Å². The van der Waals surface area contributed by atoms with Crippen molar-refractivity contribution in [2.24, 2.45) is 5.92 Å². The maximum atomic E-state index is 12.0. The van der Waals surface area contributed by atoms with Gasteiger partial charge in [-0.25, -0.2) is 0 Å². The molecule has 0 saturated heterocycles. The van der Waals surface area contributed by atoms with Crippen molar-refractivity contribution in [2.75, 3.05) is 11.9 Å². The van der Waals surface area contributed by atoms with Crippen LogP contribution in [0.5, 0.6) is 0 Å². The van der Waals surface area contributed by atoms with Gasteiger partial charge in [0.15, 0.2) is 0 Å². The van der Waals surface area contributed by atoms with Crippen LogP contribution in [-0.4, -0.2) is 17.9 Å². The van der Waals surface area contributed by atoms with E-state index < -0.39 is 0 Å². The molecule has 0 atom stereocenters. The number of esters is 1. The Morgan fingerprint density at radius 3 is 1.70 bits per heavy atom. The maximum absolute atomic E-state index is 12.0. The minimum Gasteiger partial charge on any atom is -0.465 e. The zero-order valence-corrected chi connectivity index (χ0v) is 20.0. The molecule has 0 aromatic heterocycles. The molecule has 2 nitrogen and oxygen atoms in total. The summed E-state index contributed by atoms with van der Waals surface area (Å²) in [4.78, 5) is 12.0. The third-order valence-electron chi connectivity index (χ3n) is 5.43. The summed E-state index contributed by atoms with van der Waals surface area (Å²) in [7, 11) is 0. The molecule has 0 radical (unpaired) electrons. The summed E-state index contributed by atoms with van der Waals surface area (Å²) in [5.74, 6) is 0.592. The van der Waals surface area contributed by atoms with Crippen molar-refractivity contribution < 1.29 is 9.53 Å². The van der Waals surface area contributed by atoms with Crippen molar-refractivity contribution in [3.63, 3.8) is 0 Å². The first kappa shape index (κ1) is 27.0. The topological polar surface area (TPSA) is 26.3 Å². The van der Waals surface area contributed by atoms with Crippen molar-refractivity contribution in [1.82, 2.24) is 0 Å². The van der Waals surface area contributed by atoms with Gasteiger partial charge in [0.2, 0.25) is 0 Å². The van der Waals surface area contributed by atoms with Gasteiger partial charge < -0.3 is 4.74 Å². The Morgan fingerprint density at radius 2 is 1.19 bits per heavy atom. The Morgan fingerprint density at radius 1 is 0.704 bits per heavy atom. The lowest BCUT2D eigenvalue weighted by Crippen LogP contribution is -2.14. The van der Waals surface area contributed by atoms with Crippen LogP contribution in [0.2, 0.25) is 0 Å². The summed E-state index contributed by atoms with van der Waals surface area (Å²) in [6.45, 7) is 5.19. The Labute approximate surface area is 178 Å². The van der Waals surface area contributed by atoms with Gasteiger partial charge in [-0.15, -0.1) is 0 Å². The first-order chi connectivity index (χ1) is 13.2. The van der Waals surface area contributed by atoms with Crippen LogP contribution in [0.15, 0.2) is 0 Å². The molecule has 0 aliphatic carbocycles. The summed E-state index contributed by atoms with van der Waals surface area (Å²) >= 11 is 3.44. The molecule has 0 aliphatic rings. The Bertz CT molecular complexity index is 291. The number of halogens is 1. The summed E-state index contributed by atoms with van der Waals surface area (Å²) in [5, 5.41) is 1.03. The Kier molecular flexibility index (Phi) is 22.2. The van der Waals surface area contributed by atoms with Gasteiger partial charge in [0, 0.05) is 11.8 Å². The quantitative estimate of drug-likeness (QED) is 0.100. The largest absolute Gasteiger partial charge is 0.465 e. The summed E-state index contributed by atoms with van der Waals surface area (Å²) in [6, 6.07) is 0. The number of hydrogen-bond acceptors (Lipinski definition) is 2. The van der Waals surface area contributed by atoms with E-state index in [0.717, 1.165) is 24.6 Å². The van der Waals surface area contributed by atoms with E-state index in [4.69, 9.17) is 4.74 Å². The van der Waals surface area contributed by atoms with E-state index >= 15 is 0 Å². The number of hydrogen-bond donors (Lipinski definition) is 0. The van der Waals surface area contributed by atoms with E-state index in [9.17, 15) is 4.79 Å². The lowest BCUT2D eigenvalue weighted by molar-refractivity contribution is -0.145. The molecule has 0 spiro atoms. The molecule has 0 aliphatic heterocycles. The van der Waals surface area contributed by atoms with Crippen molar-refractivity contribution in [2.45, 2.75) is 129 Å². The molecule has 0 saturated carbocycles. The molecule has 0 aromatic rings. The number of rotatable bonds is 21. The van der Waals surface area contributed by atoms with Gasteiger partial charge in [-0.2, -0.15) is 0 Å². The van der Waals surface area contributed by atoms with Crippen LogP contribution in [0.4, 0.5) is 0 Å². The maximum Gasteiger partial charge on any atom is 0.305 e. The Balaban J connectivity index is 3.97. The number of carbonyl (C=O) groups excluding carboxylic acids is 1. The minimum atomic E-state index is 0.0143. The summed E-state index contributed by atoms with van der Waals surface area (Å²) < 4.78 is 5.62. The standard InChI is InChI=1S/C24H47BrO2/c1-3-5-7-9-11-14-18-23(19-15-12-10-8-6-4-2)22-27-24(26)20-16-13-17-21-25/h23H,3-22H2,1-2H3. The van der Waals surface area contributed by atoms with Gasteiger partial charge in [0.1, 0.15) is 0 Å². The number of unbranched alkanes of at least 4 members (excludes halogenated alkanes) is 12. The molecule has 162 valence electrons. The van der Waals surface area contributed by atoms with Gasteiger partial charge >= 0.3 is 5.97 Å². The lowest BCUT2D eigenvalue weighted by Gasteiger charge is -2.17. The number of ether oxygens (including phenoxy) is 1. The van der Waals surface area contributed by atoms with Gasteiger partial charge in [0.05, 0.1) is 6.61 Å². The lowest BCUT2D eigenvalue weighted by atomic mass is 9.94. The highest BCUT2D eigenvalue weighted by Gasteiger charge is 2.12. The fraction of sp³-hybridized carbons (Fsp3) is 0.958. The second-order valence-corrected chi connectivity index (χ2v) is 8.95. The molecule has 0 heterocycles. The molecule has 27 heavy (non-hydrogen) atoms. The monoisotopic (exact) mass is 446 g/mol. The minimum absolute atomic E-state index is 0.0143. The van der Waals surface area contributed by atoms with Crippen molar-refractivity contribution in [1.29, 1.82) is 0 Å². The predicted molar refractivity (Wildman–Crippen MR) is 123 cm³/mol. The fourth-order valence-electron chi connectivity index (χ4n) is 3.56. The molecule has 0 aromatic carbocycles. The van der Waals surface area contributed by atoms with E-state index in [2.05, 4.69) is 29.8 Å². The molecule has 0 unspecified atom stereocenters. The number of alkyl halides is 1. The van der Waals surface area contributed by atoms with Gasteiger partial charge in [-0.3, -0.25) is 4.79 Å². The molecule has 0 N–H and O–H groups in total. The Hall–Kier alpha value is -0.0500. The molecule has 0 amide bonds. The highest BCUT2D eigenvalue weighted by atomic mass is 79.9. The molecule has 0 fully saturated rings. The predicted octanol–water partition coefficient (Wildman–Crippen LogP) is 8.60. The van der Waals surface area contributed by atoms with E-state index in [1.165, 1.54) is 89.9 Å². The van der Waals surface area contributed by atoms with E-state index in [1.807, 2.05) is 0 Å². The normalized spacial score (nSPS) is 11.3. The molecule has 3 heteroatoms. The van der Waals surface area contributed by atoms with Crippen LogP contribution in [0.3, 0.4) is 0 Å². The average molecular weight is 448 g/mol. The zero-order chi connectivity index (χ0) is 20.0. The van der Waals surface area contributed by atoms with Crippen LogP contribution >= 0.6 is 15.9 Å². The van der Waals surface area contributed by atoms with Crippen LogP contribution in [0.1, 0.15) is 129 Å². The summed E-state index contributed by atoms with van der Waals surface area (Å²) in [6.07, 6.45) is 22.4. The van der Waals surface area contributed by atoms with E-state index in [0.29, 0.717) is 18.9 Å². The van der Waals surface area contributed by atoms with Crippen LogP contribution in [0, 0.1) is 5.92 Å². The van der Waals surface area contributed by atoms with Crippen LogP contribution in [-0.2, 0) is 9.53 Å². The molecule has 0 bridgehead atoms. The average Bonchev–Trinajstić information content (AvgIpc) is 2.68. The first-order valence-electron chi connectivity index (χ1n) is 12.0. The smallest absolute Gasteiger partial charge is 0.305 e. The SMILES string of the molecule is CCCCCCCCC(CCCCCCCC)COC(=O)CCCCCBr. The highest BCUT2D eigenvalue weighted by Crippen LogP contribution is 2.20. The second-order valence-electron chi connectivity index (χ2n) is 8.16.